The normalized spacial score (nSPS) is 10.4. The highest BCUT2D eigenvalue weighted by atomic mass is 16.3. The van der Waals surface area contributed by atoms with Gasteiger partial charge >= 0.3 is 0 Å². The number of rotatable bonds is 4. The highest BCUT2D eigenvalue weighted by molar-refractivity contribution is 6.06. The molecule has 0 aliphatic carbocycles. The highest BCUT2D eigenvalue weighted by Gasteiger charge is 2.14. The Kier molecular flexibility index (Phi) is 4.16. The largest absolute Gasteiger partial charge is 0.507 e. The van der Waals surface area contributed by atoms with Gasteiger partial charge in [0.25, 0.3) is 5.91 Å². The van der Waals surface area contributed by atoms with E-state index >= 15 is 0 Å². The second-order valence-electron chi connectivity index (χ2n) is 5.37. The summed E-state index contributed by atoms with van der Waals surface area (Å²) >= 11 is 0. The summed E-state index contributed by atoms with van der Waals surface area (Å²) in [6.45, 7) is 1.96. The Morgan fingerprint density at radius 3 is 2.50 bits per heavy atom. The first kappa shape index (κ1) is 15.6. The standard InChI is InChI=1S/C19H15NO4/c1-12-2-5-14(6-3-12)20-19(23)16-10-13(4-8-17(16)22)18-9-7-15(11-21)24-18/h2-11,22H,1H3,(H,20,23). The van der Waals surface area contributed by atoms with Crippen molar-refractivity contribution in [2.45, 2.75) is 6.92 Å². The Balaban J connectivity index is 1.89. The molecule has 0 aliphatic heterocycles. The summed E-state index contributed by atoms with van der Waals surface area (Å²) in [6.07, 6.45) is 0.606. The molecule has 3 aromatic rings. The van der Waals surface area contributed by atoms with Gasteiger partial charge in [-0.25, -0.2) is 0 Å². The Morgan fingerprint density at radius 1 is 1.08 bits per heavy atom. The first-order valence-corrected chi connectivity index (χ1v) is 7.33. The van der Waals surface area contributed by atoms with Crippen LogP contribution in [0, 0.1) is 6.92 Å². The zero-order valence-electron chi connectivity index (χ0n) is 12.9. The fourth-order valence-electron chi connectivity index (χ4n) is 2.28. The number of amides is 1. The average Bonchev–Trinajstić information content (AvgIpc) is 3.06. The summed E-state index contributed by atoms with van der Waals surface area (Å²) in [5.74, 6) is 0.0797. The van der Waals surface area contributed by atoms with E-state index in [1.54, 1.807) is 30.3 Å². The van der Waals surface area contributed by atoms with Crippen LogP contribution in [0.15, 0.2) is 59.0 Å². The van der Waals surface area contributed by atoms with Crippen molar-refractivity contribution < 1.29 is 19.1 Å². The molecular weight excluding hydrogens is 306 g/mol. The third kappa shape index (κ3) is 3.20. The number of nitrogens with one attached hydrogen (secondary N) is 1. The lowest BCUT2D eigenvalue weighted by atomic mass is 10.1. The number of hydrogen-bond donors (Lipinski definition) is 2. The summed E-state index contributed by atoms with van der Waals surface area (Å²) in [4.78, 5) is 23.1. The SMILES string of the molecule is Cc1ccc(NC(=O)c2cc(-c3ccc(C=O)o3)ccc2O)cc1. The molecule has 0 bridgehead atoms. The topological polar surface area (TPSA) is 79.5 Å². The van der Waals surface area contributed by atoms with Crippen LogP contribution in [-0.4, -0.2) is 17.3 Å². The quantitative estimate of drug-likeness (QED) is 0.711. The number of benzene rings is 2. The molecule has 0 aliphatic rings. The molecule has 0 fully saturated rings. The minimum atomic E-state index is -0.430. The van der Waals surface area contributed by atoms with Crippen LogP contribution in [0.3, 0.4) is 0 Å². The number of furan rings is 1. The minimum Gasteiger partial charge on any atom is -0.507 e. The van der Waals surface area contributed by atoms with E-state index in [0.717, 1.165) is 5.56 Å². The van der Waals surface area contributed by atoms with E-state index in [-0.39, 0.29) is 17.1 Å². The van der Waals surface area contributed by atoms with Crippen molar-refractivity contribution in [3.05, 3.63) is 71.5 Å². The number of aryl methyl sites for hydroxylation is 1. The van der Waals surface area contributed by atoms with Gasteiger partial charge in [-0.3, -0.25) is 9.59 Å². The van der Waals surface area contributed by atoms with Gasteiger partial charge in [-0.2, -0.15) is 0 Å². The summed E-state index contributed by atoms with van der Waals surface area (Å²) in [6, 6.07) is 15.1. The van der Waals surface area contributed by atoms with Crippen LogP contribution < -0.4 is 5.32 Å². The Hall–Kier alpha value is -3.34. The molecular formula is C19H15NO4. The van der Waals surface area contributed by atoms with E-state index in [0.29, 0.717) is 23.3 Å². The van der Waals surface area contributed by atoms with Gasteiger partial charge in [-0.05, 0) is 49.4 Å². The summed E-state index contributed by atoms with van der Waals surface area (Å²) in [5.41, 5.74) is 2.44. The van der Waals surface area contributed by atoms with E-state index in [1.165, 1.54) is 12.1 Å². The van der Waals surface area contributed by atoms with Gasteiger partial charge in [0.05, 0.1) is 5.56 Å². The number of carbonyl (C=O) groups excluding carboxylic acids is 2. The minimum absolute atomic E-state index is 0.122. The number of phenolic OH excluding ortho intramolecular Hbond substituents is 1. The van der Waals surface area contributed by atoms with Crippen LogP contribution in [0.1, 0.15) is 26.5 Å². The lowest BCUT2D eigenvalue weighted by Crippen LogP contribution is -2.12. The van der Waals surface area contributed by atoms with Crippen molar-refractivity contribution in [2.75, 3.05) is 5.32 Å². The molecule has 0 saturated heterocycles. The van der Waals surface area contributed by atoms with Crippen LogP contribution in [0.4, 0.5) is 5.69 Å². The molecule has 0 unspecified atom stereocenters. The zero-order valence-corrected chi connectivity index (χ0v) is 12.9. The molecule has 0 radical (unpaired) electrons. The molecule has 0 spiro atoms. The van der Waals surface area contributed by atoms with Gasteiger partial charge in [-0.1, -0.05) is 17.7 Å². The van der Waals surface area contributed by atoms with E-state index in [9.17, 15) is 14.7 Å². The van der Waals surface area contributed by atoms with E-state index < -0.39 is 5.91 Å². The van der Waals surface area contributed by atoms with Crippen LogP contribution in [0.5, 0.6) is 5.75 Å². The second-order valence-corrected chi connectivity index (χ2v) is 5.37. The van der Waals surface area contributed by atoms with E-state index in [4.69, 9.17) is 4.42 Å². The lowest BCUT2D eigenvalue weighted by Gasteiger charge is -2.08. The van der Waals surface area contributed by atoms with Crippen molar-refractivity contribution in [2.24, 2.45) is 0 Å². The summed E-state index contributed by atoms with van der Waals surface area (Å²) < 4.78 is 5.34. The fourth-order valence-corrected chi connectivity index (χ4v) is 2.28. The average molecular weight is 321 g/mol. The molecule has 3 rings (SSSR count). The number of carbonyl (C=O) groups is 2. The number of aromatic hydroxyl groups is 1. The smallest absolute Gasteiger partial charge is 0.259 e. The number of aldehydes is 1. The summed E-state index contributed by atoms with van der Waals surface area (Å²) in [7, 11) is 0. The third-order valence-electron chi connectivity index (χ3n) is 3.58. The van der Waals surface area contributed by atoms with Gasteiger partial charge in [0.1, 0.15) is 11.5 Å². The Labute approximate surface area is 138 Å². The van der Waals surface area contributed by atoms with Crippen LogP contribution in [0.2, 0.25) is 0 Å². The number of phenols is 1. The molecule has 1 aromatic heterocycles. The van der Waals surface area contributed by atoms with E-state index in [2.05, 4.69) is 5.32 Å². The van der Waals surface area contributed by atoms with Gasteiger partial charge in [-0.15, -0.1) is 0 Å². The predicted molar refractivity (Wildman–Crippen MR) is 90.3 cm³/mol. The molecule has 24 heavy (non-hydrogen) atoms. The fraction of sp³-hybridized carbons (Fsp3) is 0.0526. The molecule has 0 saturated carbocycles. The number of anilines is 1. The molecule has 1 amide bonds. The van der Waals surface area contributed by atoms with E-state index in [1.807, 2.05) is 19.1 Å². The summed E-state index contributed by atoms with van der Waals surface area (Å²) in [5, 5.41) is 12.7. The number of hydrogen-bond acceptors (Lipinski definition) is 4. The molecule has 5 nitrogen and oxygen atoms in total. The lowest BCUT2D eigenvalue weighted by molar-refractivity contribution is 0.102. The van der Waals surface area contributed by atoms with Gasteiger partial charge < -0.3 is 14.8 Å². The van der Waals surface area contributed by atoms with Crippen molar-refractivity contribution >= 4 is 17.9 Å². The van der Waals surface area contributed by atoms with Gasteiger partial charge in [0.15, 0.2) is 12.0 Å². The van der Waals surface area contributed by atoms with Crippen LogP contribution in [-0.2, 0) is 0 Å². The zero-order chi connectivity index (χ0) is 17.1. The molecule has 120 valence electrons. The first-order chi connectivity index (χ1) is 11.6. The molecule has 5 heteroatoms. The van der Waals surface area contributed by atoms with Crippen LogP contribution in [0.25, 0.3) is 11.3 Å². The van der Waals surface area contributed by atoms with Crippen molar-refractivity contribution in [3.63, 3.8) is 0 Å². The van der Waals surface area contributed by atoms with Crippen molar-refractivity contribution in [1.29, 1.82) is 0 Å². The maximum absolute atomic E-state index is 12.4. The maximum Gasteiger partial charge on any atom is 0.259 e. The highest BCUT2D eigenvalue weighted by Crippen LogP contribution is 2.28. The van der Waals surface area contributed by atoms with Crippen molar-refractivity contribution in [1.82, 2.24) is 0 Å². The maximum atomic E-state index is 12.4. The van der Waals surface area contributed by atoms with Crippen molar-refractivity contribution in [3.8, 4) is 17.1 Å². The van der Waals surface area contributed by atoms with Crippen LogP contribution >= 0.6 is 0 Å². The molecule has 2 aromatic carbocycles. The van der Waals surface area contributed by atoms with Gasteiger partial charge in [0, 0.05) is 11.3 Å². The predicted octanol–water partition coefficient (Wildman–Crippen LogP) is 4.03. The second kappa shape index (κ2) is 6.42. The molecule has 1 heterocycles. The molecule has 0 atom stereocenters. The van der Waals surface area contributed by atoms with Gasteiger partial charge in [0.2, 0.25) is 0 Å². The molecule has 2 N–H and O–H groups in total. The Bertz CT molecular complexity index is 894. The monoisotopic (exact) mass is 321 g/mol. The Morgan fingerprint density at radius 2 is 1.83 bits per heavy atom. The third-order valence-corrected chi connectivity index (χ3v) is 3.58. The first-order valence-electron chi connectivity index (χ1n) is 7.33.